The number of anilines is 1. The monoisotopic (exact) mass is 431 g/mol. The van der Waals surface area contributed by atoms with Crippen LogP contribution in [0.15, 0.2) is 53.7 Å². The molecule has 2 aromatic carbocycles. The number of hydrogen-bond donors (Lipinski definition) is 5. The quantitative estimate of drug-likeness (QED) is 0.192. The molecule has 0 bridgehead atoms. The molecule has 168 valence electrons. The van der Waals surface area contributed by atoms with E-state index in [1.807, 2.05) is 18.2 Å². The Morgan fingerprint density at radius 3 is 2.72 bits per heavy atom. The first-order valence-electron chi connectivity index (χ1n) is 10.7. The SMILES string of the molecule is CN=CC(=CN)c1ccc(N)c(C(=N)c2cc3cc(CNCCCN(C)C)ccc3[nH]2)c1. The van der Waals surface area contributed by atoms with Gasteiger partial charge in [0.15, 0.2) is 0 Å². The zero-order valence-corrected chi connectivity index (χ0v) is 19.1. The Bertz CT molecular complexity index is 1140. The van der Waals surface area contributed by atoms with Crippen LogP contribution in [0.3, 0.4) is 0 Å². The van der Waals surface area contributed by atoms with Crippen molar-refractivity contribution in [1.29, 1.82) is 5.41 Å². The molecule has 0 spiro atoms. The molecule has 3 aromatic rings. The summed E-state index contributed by atoms with van der Waals surface area (Å²) in [6, 6.07) is 13.9. The molecule has 0 atom stereocenters. The van der Waals surface area contributed by atoms with Crippen LogP contribution in [0.5, 0.6) is 0 Å². The molecule has 1 heterocycles. The van der Waals surface area contributed by atoms with Gasteiger partial charge in [0, 0.05) is 53.7 Å². The predicted octanol–water partition coefficient (Wildman–Crippen LogP) is 3.21. The third-order valence-electron chi connectivity index (χ3n) is 5.35. The van der Waals surface area contributed by atoms with Gasteiger partial charge in [-0.25, -0.2) is 0 Å². The smallest absolute Gasteiger partial charge is 0.0868 e. The first-order chi connectivity index (χ1) is 15.4. The number of allylic oxidation sites excluding steroid dienone is 1. The average molecular weight is 432 g/mol. The van der Waals surface area contributed by atoms with Gasteiger partial charge in [0.2, 0.25) is 0 Å². The number of aromatic nitrogens is 1. The summed E-state index contributed by atoms with van der Waals surface area (Å²) < 4.78 is 0. The maximum atomic E-state index is 8.77. The van der Waals surface area contributed by atoms with Gasteiger partial charge in [0.05, 0.1) is 11.4 Å². The van der Waals surface area contributed by atoms with E-state index in [4.69, 9.17) is 16.9 Å². The highest BCUT2D eigenvalue weighted by molar-refractivity contribution is 6.16. The molecule has 0 saturated heterocycles. The normalized spacial score (nSPS) is 12.3. The van der Waals surface area contributed by atoms with Crippen molar-refractivity contribution >= 4 is 34.1 Å². The number of aliphatic imine (C=N–C) groups is 1. The Morgan fingerprint density at radius 2 is 2.00 bits per heavy atom. The van der Waals surface area contributed by atoms with Crippen LogP contribution in [0, 0.1) is 5.41 Å². The number of nitrogens with one attached hydrogen (secondary N) is 3. The molecule has 0 radical (unpaired) electrons. The van der Waals surface area contributed by atoms with Gasteiger partial charge in [-0.05, 0) is 75.1 Å². The molecule has 32 heavy (non-hydrogen) atoms. The van der Waals surface area contributed by atoms with Crippen LogP contribution in [0.25, 0.3) is 16.5 Å². The number of aromatic amines is 1. The Labute approximate surface area is 189 Å². The van der Waals surface area contributed by atoms with E-state index in [0.717, 1.165) is 53.8 Å². The average Bonchev–Trinajstić information content (AvgIpc) is 3.20. The topological polar surface area (TPSA) is 119 Å². The van der Waals surface area contributed by atoms with E-state index in [1.54, 1.807) is 19.3 Å². The fourth-order valence-electron chi connectivity index (χ4n) is 3.63. The van der Waals surface area contributed by atoms with Gasteiger partial charge >= 0.3 is 0 Å². The van der Waals surface area contributed by atoms with E-state index in [9.17, 15) is 0 Å². The van der Waals surface area contributed by atoms with Crippen molar-refractivity contribution in [2.24, 2.45) is 10.7 Å². The number of fused-ring (bicyclic) bond motifs is 1. The number of H-pyrrole nitrogens is 1. The lowest BCUT2D eigenvalue weighted by atomic mass is 9.99. The van der Waals surface area contributed by atoms with Crippen molar-refractivity contribution in [3.8, 4) is 0 Å². The van der Waals surface area contributed by atoms with E-state index < -0.39 is 0 Å². The molecule has 3 rings (SSSR count). The molecular weight excluding hydrogens is 398 g/mol. The van der Waals surface area contributed by atoms with E-state index in [2.05, 4.69) is 52.5 Å². The van der Waals surface area contributed by atoms with Crippen molar-refractivity contribution in [3.63, 3.8) is 0 Å². The molecule has 0 aliphatic rings. The first kappa shape index (κ1) is 23.2. The van der Waals surface area contributed by atoms with Crippen LogP contribution in [0.1, 0.15) is 28.8 Å². The number of nitrogens with two attached hydrogens (primary N) is 2. The van der Waals surface area contributed by atoms with Crippen LogP contribution < -0.4 is 16.8 Å². The van der Waals surface area contributed by atoms with Crippen molar-refractivity contribution in [3.05, 3.63) is 71.0 Å². The number of nitrogens with zero attached hydrogens (tertiary/aromatic N) is 2. The fraction of sp³-hybridized carbons (Fsp3) is 0.280. The summed E-state index contributed by atoms with van der Waals surface area (Å²) in [5.74, 6) is 0. The summed E-state index contributed by atoms with van der Waals surface area (Å²) in [6.45, 7) is 2.88. The standard InChI is InChI=1S/C25H33N7/c1-29-16-20(14-26)18-6-7-22(27)21(12-18)25(28)24-13-19-11-17(5-8-23(19)31-24)15-30-9-4-10-32(2)3/h5-8,11-14,16,28,30-31H,4,9-10,15,26-27H2,1-3H3. The molecule has 0 aliphatic heterocycles. The molecule has 1 aromatic heterocycles. The molecular formula is C25H33N7. The minimum absolute atomic E-state index is 0.341. The maximum absolute atomic E-state index is 8.77. The van der Waals surface area contributed by atoms with Crippen LogP contribution in [0.4, 0.5) is 5.69 Å². The van der Waals surface area contributed by atoms with Crippen LogP contribution in [0.2, 0.25) is 0 Å². The predicted molar refractivity (Wildman–Crippen MR) is 137 cm³/mol. The van der Waals surface area contributed by atoms with Crippen molar-refractivity contribution in [1.82, 2.24) is 15.2 Å². The van der Waals surface area contributed by atoms with Gasteiger partial charge in [0.25, 0.3) is 0 Å². The molecule has 0 saturated carbocycles. The summed E-state index contributed by atoms with van der Waals surface area (Å²) in [5, 5.41) is 13.3. The van der Waals surface area contributed by atoms with Crippen LogP contribution >= 0.6 is 0 Å². The van der Waals surface area contributed by atoms with Gasteiger partial charge in [-0.2, -0.15) is 0 Å². The molecule has 7 heteroatoms. The van der Waals surface area contributed by atoms with Crippen LogP contribution in [-0.2, 0) is 6.54 Å². The highest BCUT2D eigenvalue weighted by Gasteiger charge is 2.13. The second kappa shape index (κ2) is 10.7. The van der Waals surface area contributed by atoms with Crippen molar-refractivity contribution in [2.45, 2.75) is 13.0 Å². The Morgan fingerprint density at radius 1 is 1.19 bits per heavy atom. The Balaban J connectivity index is 1.79. The second-order valence-corrected chi connectivity index (χ2v) is 8.12. The fourth-order valence-corrected chi connectivity index (χ4v) is 3.63. The molecule has 0 amide bonds. The highest BCUT2D eigenvalue weighted by Crippen LogP contribution is 2.24. The third-order valence-corrected chi connectivity index (χ3v) is 5.35. The largest absolute Gasteiger partial charge is 0.404 e. The van der Waals surface area contributed by atoms with E-state index >= 15 is 0 Å². The summed E-state index contributed by atoms with van der Waals surface area (Å²) in [4.78, 5) is 9.59. The summed E-state index contributed by atoms with van der Waals surface area (Å²) in [7, 11) is 5.88. The number of hydrogen-bond acceptors (Lipinski definition) is 6. The maximum Gasteiger partial charge on any atom is 0.0868 e. The van der Waals surface area contributed by atoms with Crippen molar-refractivity contribution < 1.29 is 0 Å². The zero-order valence-electron chi connectivity index (χ0n) is 19.1. The van der Waals surface area contributed by atoms with Gasteiger partial charge < -0.3 is 26.7 Å². The highest BCUT2D eigenvalue weighted by atomic mass is 15.1. The van der Waals surface area contributed by atoms with Gasteiger partial charge in [-0.15, -0.1) is 0 Å². The number of nitrogen functional groups attached to an aromatic ring is 1. The summed E-state index contributed by atoms with van der Waals surface area (Å²) >= 11 is 0. The molecule has 0 fully saturated rings. The van der Waals surface area contributed by atoms with Gasteiger partial charge in [-0.1, -0.05) is 12.1 Å². The lowest BCUT2D eigenvalue weighted by Crippen LogP contribution is -2.20. The minimum atomic E-state index is 0.341. The minimum Gasteiger partial charge on any atom is -0.404 e. The zero-order chi connectivity index (χ0) is 23.1. The third kappa shape index (κ3) is 5.63. The number of benzene rings is 2. The summed E-state index contributed by atoms with van der Waals surface area (Å²) in [6.07, 6.45) is 4.31. The molecule has 0 aliphatic carbocycles. The van der Waals surface area contributed by atoms with Crippen molar-refractivity contribution in [2.75, 3.05) is 40.0 Å². The van der Waals surface area contributed by atoms with E-state index in [0.29, 0.717) is 17.0 Å². The number of rotatable bonds is 10. The first-order valence-corrected chi connectivity index (χ1v) is 10.7. The van der Waals surface area contributed by atoms with Crippen LogP contribution in [-0.4, -0.2) is 56.0 Å². The summed E-state index contributed by atoms with van der Waals surface area (Å²) in [5.41, 5.74) is 18.1. The molecule has 7 nitrogen and oxygen atoms in total. The molecule has 0 unspecified atom stereocenters. The Kier molecular flexibility index (Phi) is 7.81. The van der Waals surface area contributed by atoms with E-state index in [-0.39, 0.29) is 0 Å². The lowest BCUT2D eigenvalue weighted by Gasteiger charge is -2.09. The lowest BCUT2D eigenvalue weighted by molar-refractivity contribution is 0.394. The Hall–Kier alpha value is -3.42. The van der Waals surface area contributed by atoms with E-state index in [1.165, 1.54) is 11.8 Å². The van der Waals surface area contributed by atoms with Gasteiger partial charge in [0.1, 0.15) is 0 Å². The molecule has 7 N–H and O–H groups in total. The van der Waals surface area contributed by atoms with Gasteiger partial charge in [-0.3, -0.25) is 10.4 Å². The second-order valence-electron chi connectivity index (χ2n) is 8.12.